The fraction of sp³-hybridized carbons (Fsp3) is 0.381. The number of rotatable bonds is 3. The molecule has 8 heteroatoms. The molecule has 2 atom stereocenters. The number of hydrogen-bond donors (Lipinski definition) is 1. The van der Waals surface area contributed by atoms with E-state index in [2.05, 4.69) is 17.2 Å². The first-order valence-corrected chi connectivity index (χ1v) is 11.1. The third-order valence-electron chi connectivity index (χ3n) is 5.43. The minimum absolute atomic E-state index is 0.147. The van der Waals surface area contributed by atoms with E-state index in [0.717, 1.165) is 29.7 Å². The molecule has 1 N–H and O–H groups in total. The van der Waals surface area contributed by atoms with Crippen molar-refractivity contribution >= 4 is 56.3 Å². The van der Waals surface area contributed by atoms with Gasteiger partial charge in [-0.25, -0.2) is 4.98 Å². The maximum absolute atomic E-state index is 13.4. The number of anilines is 1. The molecule has 0 spiro atoms. The lowest BCUT2D eigenvalue weighted by Crippen LogP contribution is -2.34. The minimum atomic E-state index is -0.727. The summed E-state index contributed by atoms with van der Waals surface area (Å²) in [5.74, 6) is 0.821. The summed E-state index contributed by atoms with van der Waals surface area (Å²) in [5.41, 5.74) is 1.45. The number of carbonyl (C=O) groups is 1. The van der Waals surface area contributed by atoms with Crippen LogP contribution in [0.5, 0.6) is 0 Å². The second kappa shape index (κ2) is 7.74. The Labute approximate surface area is 182 Å². The van der Waals surface area contributed by atoms with Crippen molar-refractivity contribution in [1.29, 1.82) is 0 Å². The summed E-state index contributed by atoms with van der Waals surface area (Å²) in [6.07, 6.45) is 2.94. The van der Waals surface area contributed by atoms with Crippen molar-refractivity contribution < 1.29 is 4.79 Å². The van der Waals surface area contributed by atoms with Crippen LogP contribution in [0.1, 0.15) is 42.6 Å². The van der Waals surface area contributed by atoms with Crippen LogP contribution in [-0.4, -0.2) is 15.5 Å². The van der Waals surface area contributed by atoms with Crippen molar-refractivity contribution in [3.05, 3.63) is 54.9 Å². The lowest BCUT2D eigenvalue weighted by molar-refractivity contribution is -0.118. The molecule has 0 fully saturated rings. The fourth-order valence-corrected chi connectivity index (χ4v) is 5.89. The number of carbonyl (C=O) groups excluding carboxylic acids is 1. The Bertz CT molecular complexity index is 1160. The van der Waals surface area contributed by atoms with E-state index >= 15 is 0 Å². The minimum Gasteiger partial charge on any atom is -0.324 e. The number of amides is 1. The number of fused-ring (bicyclic) bond motifs is 3. The molecule has 4 rings (SSSR count). The van der Waals surface area contributed by atoms with Gasteiger partial charge in [0.15, 0.2) is 0 Å². The first kappa shape index (κ1) is 20.4. The molecule has 152 valence electrons. The van der Waals surface area contributed by atoms with Gasteiger partial charge in [0.05, 0.1) is 5.39 Å². The van der Waals surface area contributed by atoms with E-state index in [1.54, 1.807) is 43.4 Å². The SMILES string of the molecule is Cc1nc2sc3c(c2c(=O)n1C(C)C(=O)Nc1cc(Cl)cc(Cl)c1)CCC(C)C3. The summed E-state index contributed by atoms with van der Waals surface area (Å²) in [6, 6.07) is 4.10. The van der Waals surface area contributed by atoms with Crippen molar-refractivity contribution in [3.8, 4) is 0 Å². The van der Waals surface area contributed by atoms with E-state index in [0.29, 0.717) is 32.9 Å². The van der Waals surface area contributed by atoms with Gasteiger partial charge >= 0.3 is 0 Å². The zero-order valence-electron chi connectivity index (χ0n) is 16.4. The highest BCUT2D eigenvalue weighted by Crippen LogP contribution is 2.36. The lowest BCUT2D eigenvalue weighted by Gasteiger charge is -2.19. The lowest BCUT2D eigenvalue weighted by atomic mass is 9.89. The standard InChI is InChI=1S/C21H21Cl2N3O2S/c1-10-4-5-16-17(6-10)29-20-18(16)21(28)26(12(3)24-20)11(2)19(27)25-15-8-13(22)7-14(23)9-15/h7-11H,4-6H2,1-3H3,(H,25,27). The van der Waals surface area contributed by atoms with Crippen LogP contribution < -0.4 is 10.9 Å². The van der Waals surface area contributed by atoms with Gasteiger partial charge < -0.3 is 5.32 Å². The molecule has 0 saturated heterocycles. The molecule has 0 bridgehead atoms. The molecule has 2 unspecified atom stereocenters. The van der Waals surface area contributed by atoms with Crippen molar-refractivity contribution in [3.63, 3.8) is 0 Å². The van der Waals surface area contributed by atoms with Gasteiger partial charge in [0.25, 0.3) is 5.56 Å². The Balaban J connectivity index is 1.73. The van der Waals surface area contributed by atoms with Crippen LogP contribution in [0.3, 0.4) is 0 Å². The van der Waals surface area contributed by atoms with E-state index in [9.17, 15) is 9.59 Å². The monoisotopic (exact) mass is 449 g/mol. The number of aryl methyl sites for hydroxylation is 2. The molecule has 0 radical (unpaired) electrons. The van der Waals surface area contributed by atoms with Crippen LogP contribution in [-0.2, 0) is 17.6 Å². The highest BCUT2D eigenvalue weighted by molar-refractivity contribution is 7.18. The van der Waals surface area contributed by atoms with E-state index in [-0.39, 0.29) is 11.5 Å². The molecule has 2 aromatic heterocycles. The highest BCUT2D eigenvalue weighted by Gasteiger charge is 2.26. The summed E-state index contributed by atoms with van der Waals surface area (Å²) in [5, 5.41) is 4.32. The molecule has 2 heterocycles. The second-order valence-corrected chi connectivity index (χ2v) is 9.65. The molecule has 5 nitrogen and oxygen atoms in total. The first-order valence-electron chi connectivity index (χ1n) is 9.55. The smallest absolute Gasteiger partial charge is 0.263 e. The van der Waals surface area contributed by atoms with E-state index in [1.165, 1.54) is 9.44 Å². The number of aromatic nitrogens is 2. The highest BCUT2D eigenvalue weighted by atomic mass is 35.5. The average molecular weight is 450 g/mol. The maximum atomic E-state index is 13.4. The Morgan fingerprint density at radius 2 is 2.00 bits per heavy atom. The Morgan fingerprint density at radius 1 is 1.31 bits per heavy atom. The summed E-state index contributed by atoms with van der Waals surface area (Å²) in [4.78, 5) is 32.9. The third-order valence-corrected chi connectivity index (χ3v) is 7.02. The summed E-state index contributed by atoms with van der Waals surface area (Å²) in [7, 11) is 0. The molecule has 1 amide bonds. The van der Waals surface area contributed by atoms with E-state index < -0.39 is 6.04 Å². The summed E-state index contributed by atoms with van der Waals surface area (Å²) < 4.78 is 1.48. The Morgan fingerprint density at radius 3 is 2.69 bits per heavy atom. The molecular weight excluding hydrogens is 429 g/mol. The van der Waals surface area contributed by atoms with Gasteiger partial charge in [-0.3, -0.25) is 14.2 Å². The van der Waals surface area contributed by atoms with E-state index in [4.69, 9.17) is 23.2 Å². The molecule has 0 aliphatic heterocycles. The zero-order valence-corrected chi connectivity index (χ0v) is 18.7. The van der Waals surface area contributed by atoms with Crippen LogP contribution in [0.4, 0.5) is 5.69 Å². The molecule has 3 aromatic rings. The van der Waals surface area contributed by atoms with Gasteiger partial charge in [0.2, 0.25) is 5.91 Å². The molecule has 0 saturated carbocycles. The van der Waals surface area contributed by atoms with Gasteiger partial charge in [-0.1, -0.05) is 30.1 Å². The van der Waals surface area contributed by atoms with Gasteiger partial charge in [0, 0.05) is 20.6 Å². The number of nitrogens with zero attached hydrogens (tertiary/aromatic N) is 2. The molecule has 29 heavy (non-hydrogen) atoms. The number of thiophene rings is 1. The van der Waals surface area contributed by atoms with Gasteiger partial charge in [0.1, 0.15) is 16.7 Å². The van der Waals surface area contributed by atoms with Crippen LogP contribution in [0.15, 0.2) is 23.0 Å². The van der Waals surface area contributed by atoms with Crippen LogP contribution >= 0.6 is 34.5 Å². The molecular formula is C21H21Cl2N3O2S. The van der Waals surface area contributed by atoms with Gasteiger partial charge in [-0.2, -0.15) is 0 Å². The van der Waals surface area contributed by atoms with Crippen molar-refractivity contribution in [2.24, 2.45) is 5.92 Å². The summed E-state index contributed by atoms with van der Waals surface area (Å²) in [6.45, 7) is 5.70. The number of nitrogens with one attached hydrogen (secondary N) is 1. The first-order chi connectivity index (χ1) is 13.7. The van der Waals surface area contributed by atoms with Crippen molar-refractivity contribution in [2.75, 3.05) is 5.32 Å². The largest absolute Gasteiger partial charge is 0.324 e. The Hall–Kier alpha value is -1.89. The number of benzene rings is 1. The molecule has 1 aliphatic rings. The van der Waals surface area contributed by atoms with E-state index in [1.807, 2.05) is 0 Å². The molecule has 1 aliphatic carbocycles. The van der Waals surface area contributed by atoms with Crippen LogP contribution in [0, 0.1) is 12.8 Å². The van der Waals surface area contributed by atoms with Crippen molar-refractivity contribution in [1.82, 2.24) is 9.55 Å². The normalized spacial score (nSPS) is 17.2. The van der Waals surface area contributed by atoms with Gasteiger partial charge in [-0.15, -0.1) is 11.3 Å². The topological polar surface area (TPSA) is 64.0 Å². The quantitative estimate of drug-likeness (QED) is 0.581. The van der Waals surface area contributed by atoms with Crippen molar-refractivity contribution in [2.45, 2.75) is 46.1 Å². The number of halogens is 2. The Kier molecular flexibility index (Phi) is 5.44. The second-order valence-electron chi connectivity index (χ2n) is 7.69. The fourth-order valence-electron chi connectivity index (χ4n) is 3.95. The number of hydrogen-bond acceptors (Lipinski definition) is 4. The predicted octanol–water partition coefficient (Wildman–Crippen LogP) is 5.40. The zero-order chi connectivity index (χ0) is 20.9. The summed E-state index contributed by atoms with van der Waals surface area (Å²) >= 11 is 13.6. The van der Waals surface area contributed by atoms with Crippen LogP contribution in [0.25, 0.3) is 10.2 Å². The maximum Gasteiger partial charge on any atom is 0.263 e. The predicted molar refractivity (Wildman–Crippen MR) is 120 cm³/mol. The average Bonchev–Trinajstić information content (AvgIpc) is 2.97. The molecule has 1 aromatic carbocycles. The third kappa shape index (κ3) is 3.81. The van der Waals surface area contributed by atoms with Gasteiger partial charge in [-0.05, 0) is 62.8 Å². The van der Waals surface area contributed by atoms with Crippen LogP contribution in [0.2, 0.25) is 10.0 Å².